The van der Waals surface area contributed by atoms with Crippen LogP contribution >= 0.6 is 23.4 Å². The maximum absolute atomic E-state index is 14.2. The zero-order valence-electron chi connectivity index (χ0n) is 25.5. The van der Waals surface area contributed by atoms with Crippen LogP contribution in [0.3, 0.4) is 0 Å². The third-order valence-corrected chi connectivity index (χ3v) is 10.6. The van der Waals surface area contributed by atoms with E-state index in [1.54, 1.807) is 0 Å². The van der Waals surface area contributed by atoms with Crippen molar-refractivity contribution in [3.63, 3.8) is 0 Å². The van der Waals surface area contributed by atoms with Crippen molar-refractivity contribution in [2.24, 2.45) is 0 Å². The molecule has 3 aromatic carbocycles. The van der Waals surface area contributed by atoms with Crippen molar-refractivity contribution in [1.82, 2.24) is 4.90 Å². The van der Waals surface area contributed by atoms with Gasteiger partial charge in [-0.1, -0.05) is 35.9 Å². The Morgan fingerprint density at radius 2 is 1.82 bits per heavy atom. The highest BCUT2D eigenvalue weighted by atomic mass is 35.5. The fourth-order valence-corrected chi connectivity index (χ4v) is 7.63. The largest absolute Gasteiger partial charge is 0.489 e. The molecule has 0 spiro atoms. The van der Waals surface area contributed by atoms with Gasteiger partial charge in [0, 0.05) is 36.1 Å². The van der Waals surface area contributed by atoms with Gasteiger partial charge in [0.05, 0.1) is 24.9 Å². The second kappa shape index (κ2) is 14.3. The van der Waals surface area contributed by atoms with Gasteiger partial charge in [0.25, 0.3) is 0 Å². The molecule has 3 aromatic rings. The molecule has 10 heteroatoms. The lowest BCUT2D eigenvalue weighted by atomic mass is 9.93. The molecule has 6 rings (SSSR count). The van der Waals surface area contributed by atoms with E-state index in [0.29, 0.717) is 36.5 Å². The summed E-state index contributed by atoms with van der Waals surface area (Å²) >= 11 is 8.12. The summed E-state index contributed by atoms with van der Waals surface area (Å²) in [4.78, 5) is 2.38. The van der Waals surface area contributed by atoms with E-state index in [9.17, 15) is 19.0 Å². The van der Waals surface area contributed by atoms with Crippen LogP contribution in [0.25, 0.3) is 0 Å². The third-order valence-electron chi connectivity index (χ3n) is 9.25. The molecule has 0 amide bonds. The Morgan fingerprint density at radius 1 is 1.02 bits per heavy atom. The maximum Gasteiger partial charge on any atom is 0.132 e. The summed E-state index contributed by atoms with van der Waals surface area (Å²) in [6.07, 6.45) is 2.82. The van der Waals surface area contributed by atoms with Crippen molar-refractivity contribution >= 4 is 23.4 Å². The van der Waals surface area contributed by atoms with Crippen LogP contribution in [-0.4, -0.2) is 70.9 Å². The Hall–Kier alpha value is -2.24. The Morgan fingerprint density at radius 3 is 2.56 bits per heavy atom. The number of halogens is 3. The van der Waals surface area contributed by atoms with E-state index in [-0.39, 0.29) is 18.2 Å². The van der Waals surface area contributed by atoms with Gasteiger partial charge in [0.1, 0.15) is 35.0 Å². The van der Waals surface area contributed by atoms with Gasteiger partial charge in [-0.2, -0.15) is 0 Å². The van der Waals surface area contributed by atoms with E-state index in [1.807, 2.05) is 37.4 Å². The molecule has 242 valence electrons. The quantitative estimate of drug-likeness (QED) is 0.277. The van der Waals surface area contributed by atoms with Gasteiger partial charge >= 0.3 is 0 Å². The van der Waals surface area contributed by atoms with Crippen LogP contribution in [0.4, 0.5) is 8.78 Å². The maximum atomic E-state index is 14.2. The number of likely N-dealkylation sites (tertiary alicyclic amines) is 1. The lowest BCUT2D eigenvalue weighted by Gasteiger charge is -2.36. The molecule has 0 aliphatic carbocycles. The normalized spacial score (nSPS) is 29.2. The first-order chi connectivity index (χ1) is 21.7. The number of aliphatic hydroxyl groups is 2. The van der Waals surface area contributed by atoms with E-state index < -0.39 is 35.4 Å². The summed E-state index contributed by atoms with van der Waals surface area (Å²) < 4.78 is 46.3. The van der Waals surface area contributed by atoms with Gasteiger partial charge in [0.2, 0.25) is 0 Å². The number of nitrogens with zero attached hydrogens (tertiary/aromatic N) is 1. The first-order valence-electron chi connectivity index (χ1n) is 15.6. The number of benzene rings is 3. The third kappa shape index (κ3) is 7.51. The molecule has 3 saturated heterocycles. The van der Waals surface area contributed by atoms with Gasteiger partial charge in [-0.3, -0.25) is 4.90 Å². The average Bonchev–Trinajstić information content (AvgIpc) is 3.51. The molecule has 0 radical (unpaired) electrons. The summed E-state index contributed by atoms with van der Waals surface area (Å²) in [5.74, 6) is -0.0574. The monoisotopic (exact) mass is 659 g/mol. The smallest absolute Gasteiger partial charge is 0.132 e. The molecule has 45 heavy (non-hydrogen) atoms. The number of aryl methyl sites for hydroxylation is 1. The lowest BCUT2D eigenvalue weighted by Crippen LogP contribution is -2.43. The first-order valence-corrected chi connectivity index (χ1v) is 17.2. The Balaban J connectivity index is 1.03. The van der Waals surface area contributed by atoms with Crippen molar-refractivity contribution in [2.45, 2.75) is 81.0 Å². The molecule has 2 N–H and O–H groups in total. The Labute approximate surface area is 272 Å². The van der Waals surface area contributed by atoms with Crippen molar-refractivity contribution in [3.8, 4) is 5.75 Å². The van der Waals surface area contributed by atoms with Gasteiger partial charge in [-0.05, 0) is 91.4 Å². The summed E-state index contributed by atoms with van der Waals surface area (Å²) in [5.41, 5.74) is 3.78. The molecule has 0 bridgehead atoms. The fraction of sp³-hybridized carbons (Fsp3) is 0.486. The lowest BCUT2D eigenvalue weighted by molar-refractivity contribution is -0.137. The molecule has 0 aromatic heterocycles. The van der Waals surface area contributed by atoms with E-state index in [4.69, 9.17) is 25.8 Å². The Kier molecular flexibility index (Phi) is 10.4. The number of hydrogen-bond donors (Lipinski definition) is 2. The van der Waals surface area contributed by atoms with Crippen molar-refractivity contribution in [2.75, 3.05) is 26.0 Å². The minimum atomic E-state index is -0.911. The van der Waals surface area contributed by atoms with Crippen LogP contribution in [-0.2, 0) is 15.9 Å². The Bertz CT molecular complexity index is 1470. The second-order valence-corrected chi connectivity index (χ2v) is 13.7. The van der Waals surface area contributed by atoms with Crippen LogP contribution in [0.1, 0.15) is 65.7 Å². The summed E-state index contributed by atoms with van der Waals surface area (Å²) in [6, 6.07) is 15.9. The highest BCUT2D eigenvalue weighted by Gasteiger charge is 2.37. The summed E-state index contributed by atoms with van der Waals surface area (Å²) in [5, 5.41) is 21.4. The number of thioether (sulfide) groups is 1. The minimum absolute atomic E-state index is 0.0671. The van der Waals surface area contributed by atoms with E-state index in [2.05, 4.69) is 17.0 Å². The second-order valence-electron chi connectivity index (χ2n) is 12.4. The number of hydrogen-bond acceptors (Lipinski definition) is 7. The van der Waals surface area contributed by atoms with E-state index in [0.717, 1.165) is 66.1 Å². The topological polar surface area (TPSA) is 71.4 Å². The van der Waals surface area contributed by atoms with Crippen LogP contribution in [0, 0.1) is 18.6 Å². The first kappa shape index (κ1) is 32.7. The van der Waals surface area contributed by atoms with E-state index >= 15 is 0 Å². The van der Waals surface area contributed by atoms with Crippen LogP contribution in [0.2, 0.25) is 5.02 Å². The summed E-state index contributed by atoms with van der Waals surface area (Å²) in [7, 11) is 0. The molecule has 3 fully saturated rings. The van der Waals surface area contributed by atoms with Gasteiger partial charge in [0.15, 0.2) is 0 Å². The highest BCUT2D eigenvalue weighted by molar-refractivity contribution is 7.99. The molecule has 0 saturated carbocycles. The predicted molar refractivity (Wildman–Crippen MR) is 172 cm³/mol. The van der Waals surface area contributed by atoms with E-state index in [1.165, 1.54) is 17.8 Å². The molecule has 6 nitrogen and oxygen atoms in total. The average molecular weight is 660 g/mol. The molecule has 3 aliphatic rings. The van der Waals surface area contributed by atoms with Gasteiger partial charge in [-0.25, -0.2) is 8.78 Å². The zero-order valence-corrected chi connectivity index (χ0v) is 27.1. The SMILES string of the molecule is CS[C@H]1O[C@@H](c2cc(C)c(Cl)c(Cc3ccc(OC4CCN([C@@H]5CC[C@@H](c6cc(F)ccc6F)OC5)C4)cc3)c2)C[C@@H](O)[C@@H]1O. The molecular weight excluding hydrogens is 620 g/mol. The van der Waals surface area contributed by atoms with Gasteiger partial charge < -0.3 is 24.4 Å². The van der Waals surface area contributed by atoms with Crippen molar-refractivity contribution in [3.05, 3.63) is 99.1 Å². The fourth-order valence-electron chi connectivity index (χ4n) is 6.75. The molecule has 1 unspecified atom stereocenters. The summed E-state index contributed by atoms with van der Waals surface area (Å²) in [6.45, 7) is 4.16. The predicted octanol–water partition coefficient (Wildman–Crippen LogP) is 6.76. The highest BCUT2D eigenvalue weighted by Crippen LogP contribution is 2.38. The zero-order chi connectivity index (χ0) is 31.7. The minimum Gasteiger partial charge on any atom is -0.489 e. The van der Waals surface area contributed by atoms with Crippen LogP contribution in [0.15, 0.2) is 54.6 Å². The van der Waals surface area contributed by atoms with Gasteiger partial charge in [-0.15, -0.1) is 11.8 Å². The molecule has 3 heterocycles. The van der Waals surface area contributed by atoms with Crippen molar-refractivity contribution in [1.29, 1.82) is 0 Å². The molecule has 7 atom stereocenters. The number of ether oxygens (including phenoxy) is 3. The number of rotatable bonds is 8. The number of aliphatic hydroxyl groups excluding tert-OH is 2. The molecular formula is C35H40ClF2NO5S. The van der Waals surface area contributed by atoms with Crippen LogP contribution in [0.5, 0.6) is 5.75 Å². The van der Waals surface area contributed by atoms with Crippen molar-refractivity contribution < 1.29 is 33.2 Å². The standard InChI is InChI=1S/C35H40ClF2NO5S/c1-20-13-22(32-17-30(40)34(41)35(44-32)45-2)15-23(33(20)36)14-21-3-7-26(8-4-21)43-27-11-12-39(18-27)25-6-10-31(42-19-25)28-16-24(37)5-9-29(28)38/h3-5,7-9,13,15-16,25,27,30-32,34-35,40-41H,6,10-12,14,17-19H2,1-2H3/t25-,27?,30-,31+,32-,34+,35-/m1/s1. The van der Waals surface area contributed by atoms with Crippen LogP contribution < -0.4 is 4.74 Å². The molecule has 3 aliphatic heterocycles.